The molecule has 27 heavy (non-hydrogen) atoms. The van der Waals surface area contributed by atoms with Gasteiger partial charge in [-0.3, -0.25) is 4.79 Å². The van der Waals surface area contributed by atoms with Gasteiger partial charge in [0.25, 0.3) is 5.91 Å². The van der Waals surface area contributed by atoms with E-state index >= 15 is 0 Å². The fraction of sp³-hybridized carbons (Fsp3) is 0.130. The summed E-state index contributed by atoms with van der Waals surface area (Å²) in [5.74, 6) is -0.250. The second-order valence-electron chi connectivity index (χ2n) is 6.97. The molecule has 4 heteroatoms. The molecule has 1 heterocycles. The zero-order valence-electron chi connectivity index (χ0n) is 14.7. The van der Waals surface area contributed by atoms with E-state index in [1.54, 1.807) is 12.1 Å². The van der Waals surface area contributed by atoms with Crippen LogP contribution >= 0.6 is 0 Å². The van der Waals surface area contributed by atoms with Gasteiger partial charge in [-0.05, 0) is 47.2 Å². The standard InChI is InChI=1S/C23H18N2O2/c26-21-23(24-22(27)25(21)18-10-2-1-3-11-18)19-12-6-4-8-16(19)14-15-17-9-5-7-13-20(17)23/h1-13H,14-15H2,(H,24,27). The van der Waals surface area contributed by atoms with Gasteiger partial charge in [-0.25, -0.2) is 9.69 Å². The van der Waals surface area contributed by atoms with E-state index in [2.05, 4.69) is 5.32 Å². The maximum absolute atomic E-state index is 13.8. The number of hydrogen-bond donors (Lipinski definition) is 1. The molecule has 0 aromatic heterocycles. The lowest BCUT2D eigenvalue weighted by Crippen LogP contribution is -2.46. The van der Waals surface area contributed by atoms with Gasteiger partial charge in [-0.2, -0.15) is 0 Å². The number of nitrogens with zero attached hydrogens (tertiary/aromatic N) is 1. The van der Waals surface area contributed by atoms with Crippen LogP contribution in [0, 0.1) is 0 Å². The van der Waals surface area contributed by atoms with E-state index in [-0.39, 0.29) is 5.91 Å². The molecule has 1 spiro atoms. The second kappa shape index (κ2) is 5.81. The van der Waals surface area contributed by atoms with Crippen molar-refractivity contribution in [3.8, 4) is 0 Å². The van der Waals surface area contributed by atoms with E-state index in [0.29, 0.717) is 5.69 Å². The van der Waals surface area contributed by atoms with Crippen LogP contribution < -0.4 is 10.2 Å². The first-order valence-electron chi connectivity index (χ1n) is 9.10. The van der Waals surface area contributed by atoms with Gasteiger partial charge in [-0.1, -0.05) is 66.7 Å². The Morgan fingerprint density at radius 1 is 0.704 bits per heavy atom. The number of fused-ring (bicyclic) bond motifs is 4. The lowest BCUT2D eigenvalue weighted by Gasteiger charge is -2.29. The highest BCUT2D eigenvalue weighted by Crippen LogP contribution is 2.43. The fourth-order valence-corrected chi connectivity index (χ4v) is 4.33. The molecule has 1 N–H and O–H groups in total. The summed E-state index contributed by atoms with van der Waals surface area (Å²) in [5, 5.41) is 3.06. The quantitative estimate of drug-likeness (QED) is 0.676. The van der Waals surface area contributed by atoms with Crippen molar-refractivity contribution in [2.45, 2.75) is 18.4 Å². The maximum atomic E-state index is 13.8. The van der Waals surface area contributed by atoms with Crippen molar-refractivity contribution in [1.82, 2.24) is 5.32 Å². The van der Waals surface area contributed by atoms with Crippen LogP contribution in [0.4, 0.5) is 10.5 Å². The molecule has 2 aliphatic rings. The van der Waals surface area contributed by atoms with E-state index in [0.717, 1.165) is 35.1 Å². The van der Waals surface area contributed by atoms with Crippen molar-refractivity contribution in [1.29, 1.82) is 0 Å². The van der Waals surface area contributed by atoms with Crippen molar-refractivity contribution >= 4 is 17.6 Å². The Labute approximate surface area is 157 Å². The molecule has 1 aliphatic carbocycles. The van der Waals surface area contributed by atoms with Crippen molar-refractivity contribution in [3.05, 3.63) is 101 Å². The summed E-state index contributed by atoms with van der Waals surface area (Å²) in [6.45, 7) is 0. The van der Waals surface area contributed by atoms with Crippen LogP contribution in [0.15, 0.2) is 78.9 Å². The van der Waals surface area contributed by atoms with Crippen LogP contribution in [-0.2, 0) is 23.2 Å². The average Bonchev–Trinajstić information content (AvgIpc) is 2.89. The zero-order valence-corrected chi connectivity index (χ0v) is 14.7. The van der Waals surface area contributed by atoms with Gasteiger partial charge in [0, 0.05) is 0 Å². The third kappa shape index (κ3) is 2.16. The summed E-state index contributed by atoms with van der Waals surface area (Å²) in [5.41, 5.74) is 3.32. The minimum Gasteiger partial charge on any atom is -0.315 e. The van der Waals surface area contributed by atoms with E-state index in [9.17, 15) is 9.59 Å². The Balaban J connectivity index is 1.79. The molecular formula is C23H18N2O2. The summed E-state index contributed by atoms with van der Waals surface area (Å²) in [6, 6.07) is 24.6. The molecule has 0 atom stereocenters. The molecule has 0 bridgehead atoms. The third-order valence-electron chi connectivity index (χ3n) is 5.54. The smallest absolute Gasteiger partial charge is 0.315 e. The third-order valence-corrected chi connectivity index (χ3v) is 5.54. The van der Waals surface area contributed by atoms with Crippen LogP contribution in [0.3, 0.4) is 0 Å². The first-order chi connectivity index (χ1) is 13.2. The molecule has 3 aromatic carbocycles. The Bertz CT molecular complexity index is 1010. The summed E-state index contributed by atoms with van der Waals surface area (Å²) in [7, 11) is 0. The van der Waals surface area contributed by atoms with Crippen LogP contribution in [0.25, 0.3) is 0 Å². The Hall–Kier alpha value is -3.40. The first kappa shape index (κ1) is 15.8. The molecule has 0 radical (unpaired) electrons. The van der Waals surface area contributed by atoms with Crippen LogP contribution in [0.2, 0.25) is 0 Å². The monoisotopic (exact) mass is 354 g/mol. The van der Waals surface area contributed by atoms with Crippen LogP contribution in [-0.4, -0.2) is 11.9 Å². The number of rotatable bonds is 1. The van der Waals surface area contributed by atoms with E-state index in [4.69, 9.17) is 0 Å². The zero-order chi connectivity index (χ0) is 18.4. The number of amides is 3. The number of carbonyl (C=O) groups excluding carboxylic acids is 2. The lowest BCUT2D eigenvalue weighted by molar-refractivity contribution is -0.121. The molecule has 132 valence electrons. The summed E-state index contributed by atoms with van der Waals surface area (Å²) in [4.78, 5) is 28.1. The fourth-order valence-electron chi connectivity index (χ4n) is 4.33. The number of aryl methyl sites for hydroxylation is 2. The normalized spacial score (nSPS) is 17.3. The lowest BCUT2D eigenvalue weighted by atomic mass is 9.80. The molecular weight excluding hydrogens is 336 g/mol. The number of para-hydroxylation sites is 1. The molecule has 3 aromatic rings. The van der Waals surface area contributed by atoms with E-state index < -0.39 is 11.6 Å². The largest absolute Gasteiger partial charge is 0.330 e. The van der Waals surface area contributed by atoms with Gasteiger partial charge in [0.05, 0.1) is 5.69 Å². The molecule has 1 saturated heterocycles. The summed E-state index contributed by atoms with van der Waals surface area (Å²) >= 11 is 0. The van der Waals surface area contributed by atoms with Crippen molar-refractivity contribution in [3.63, 3.8) is 0 Å². The van der Waals surface area contributed by atoms with Crippen molar-refractivity contribution in [2.24, 2.45) is 0 Å². The second-order valence-corrected chi connectivity index (χ2v) is 6.97. The van der Waals surface area contributed by atoms with Crippen molar-refractivity contribution < 1.29 is 9.59 Å². The Kier molecular flexibility index (Phi) is 3.41. The number of nitrogens with one attached hydrogen (secondary N) is 1. The molecule has 0 saturated carbocycles. The molecule has 4 nitrogen and oxygen atoms in total. The SMILES string of the molecule is O=C1NC2(C(=O)N1c1ccccc1)c1ccccc1CCc1ccccc12. The number of hydrogen-bond acceptors (Lipinski definition) is 2. The predicted octanol–water partition coefficient (Wildman–Crippen LogP) is 3.79. The van der Waals surface area contributed by atoms with Crippen molar-refractivity contribution in [2.75, 3.05) is 4.90 Å². The number of urea groups is 1. The van der Waals surface area contributed by atoms with Gasteiger partial charge >= 0.3 is 6.03 Å². The number of benzene rings is 3. The van der Waals surface area contributed by atoms with Gasteiger partial charge in [0.15, 0.2) is 5.54 Å². The maximum Gasteiger partial charge on any atom is 0.330 e. The average molecular weight is 354 g/mol. The van der Waals surface area contributed by atoms with Gasteiger partial charge in [-0.15, -0.1) is 0 Å². The van der Waals surface area contributed by atoms with Crippen LogP contribution in [0.1, 0.15) is 22.3 Å². The molecule has 1 fully saturated rings. The summed E-state index contributed by atoms with van der Waals surface area (Å²) < 4.78 is 0. The van der Waals surface area contributed by atoms with Crippen LogP contribution in [0.5, 0.6) is 0 Å². The Morgan fingerprint density at radius 2 is 1.22 bits per heavy atom. The highest BCUT2D eigenvalue weighted by molar-refractivity contribution is 6.25. The highest BCUT2D eigenvalue weighted by atomic mass is 16.2. The minimum atomic E-state index is -1.18. The predicted molar refractivity (Wildman–Crippen MR) is 104 cm³/mol. The topological polar surface area (TPSA) is 49.4 Å². The van der Waals surface area contributed by atoms with E-state index in [1.807, 2.05) is 66.7 Å². The summed E-state index contributed by atoms with van der Waals surface area (Å²) in [6.07, 6.45) is 1.67. The van der Waals surface area contributed by atoms with E-state index in [1.165, 1.54) is 4.90 Å². The van der Waals surface area contributed by atoms with Gasteiger partial charge in [0.1, 0.15) is 0 Å². The first-order valence-corrected chi connectivity index (χ1v) is 9.10. The highest BCUT2D eigenvalue weighted by Gasteiger charge is 2.56. The van der Waals surface area contributed by atoms with Gasteiger partial charge in [0.2, 0.25) is 0 Å². The Morgan fingerprint density at radius 3 is 1.81 bits per heavy atom. The molecule has 3 amide bonds. The molecule has 1 aliphatic heterocycles. The number of carbonyl (C=O) groups is 2. The van der Waals surface area contributed by atoms with Gasteiger partial charge < -0.3 is 5.32 Å². The minimum absolute atomic E-state index is 0.250. The molecule has 0 unspecified atom stereocenters. The molecule has 5 rings (SSSR count). The number of anilines is 1. The number of imide groups is 1.